The number of nitrogens with two attached hydrogens (primary N) is 1. The van der Waals surface area contributed by atoms with Gasteiger partial charge in [-0.05, 0) is 44.5 Å². The monoisotopic (exact) mass is 234 g/mol. The minimum absolute atomic E-state index is 0.251. The lowest BCUT2D eigenvalue weighted by Gasteiger charge is -2.26. The van der Waals surface area contributed by atoms with Gasteiger partial charge in [0.2, 0.25) is 0 Å². The third kappa shape index (κ3) is 5.33. The molecule has 1 aromatic rings. The van der Waals surface area contributed by atoms with Gasteiger partial charge in [0.1, 0.15) is 0 Å². The SMILES string of the molecule is Cc1cccc(CN(C)CCC(C)(C)CN)c1. The summed E-state index contributed by atoms with van der Waals surface area (Å²) in [5, 5.41) is 0. The molecule has 0 saturated heterocycles. The largest absolute Gasteiger partial charge is 0.330 e. The first-order valence-electron chi connectivity index (χ1n) is 6.37. The molecule has 0 spiro atoms. The van der Waals surface area contributed by atoms with Gasteiger partial charge < -0.3 is 10.6 Å². The molecule has 0 aliphatic carbocycles. The molecule has 2 heteroatoms. The van der Waals surface area contributed by atoms with Crippen molar-refractivity contribution in [2.45, 2.75) is 33.7 Å². The van der Waals surface area contributed by atoms with Crippen LogP contribution in [0.25, 0.3) is 0 Å². The first kappa shape index (κ1) is 14.2. The summed E-state index contributed by atoms with van der Waals surface area (Å²) >= 11 is 0. The van der Waals surface area contributed by atoms with Crippen LogP contribution in [0.3, 0.4) is 0 Å². The zero-order chi connectivity index (χ0) is 12.9. The van der Waals surface area contributed by atoms with Crippen LogP contribution in [0.15, 0.2) is 24.3 Å². The van der Waals surface area contributed by atoms with Gasteiger partial charge in [0.25, 0.3) is 0 Å². The molecule has 0 heterocycles. The van der Waals surface area contributed by atoms with Crippen LogP contribution in [0.5, 0.6) is 0 Å². The highest BCUT2D eigenvalue weighted by atomic mass is 15.1. The quantitative estimate of drug-likeness (QED) is 0.820. The smallest absolute Gasteiger partial charge is 0.0230 e. The van der Waals surface area contributed by atoms with Crippen molar-refractivity contribution in [3.8, 4) is 0 Å². The van der Waals surface area contributed by atoms with Crippen molar-refractivity contribution in [1.29, 1.82) is 0 Å². The van der Waals surface area contributed by atoms with E-state index in [-0.39, 0.29) is 5.41 Å². The van der Waals surface area contributed by atoms with Crippen molar-refractivity contribution in [2.75, 3.05) is 20.1 Å². The Morgan fingerprint density at radius 3 is 2.59 bits per heavy atom. The molecule has 0 aliphatic rings. The average Bonchev–Trinajstić information content (AvgIpc) is 2.27. The molecule has 0 amide bonds. The molecule has 17 heavy (non-hydrogen) atoms. The molecule has 2 N–H and O–H groups in total. The Bertz CT molecular complexity index is 345. The number of nitrogens with zero attached hydrogens (tertiary/aromatic N) is 1. The fourth-order valence-electron chi connectivity index (χ4n) is 1.80. The summed E-state index contributed by atoms with van der Waals surface area (Å²) in [4.78, 5) is 2.37. The number of hydrogen-bond acceptors (Lipinski definition) is 2. The van der Waals surface area contributed by atoms with Crippen LogP contribution in [0.1, 0.15) is 31.4 Å². The average molecular weight is 234 g/mol. The third-order valence-electron chi connectivity index (χ3n) is 3.26. The first-order valence-corrected chi connectivity index (χ1v) is 6.37. The number of aryl methyl sites for hydroxylation is 1. The van der Waals surface area contributed by atoms with Crippen LogP contribution in [0.2, 0.25) is 0 Å². The Balaban J connectivity index is 2.42. The maximum Gasteiger partial charge on any atom is 0.0230 e. The highest BCUT2D eigenvalue weighted by Gasteiger charge is 2.15. The zero-order valence-electron chi connectivity index (χ0n) is 11.7. The van der Waals surface area contributed by atoms with E-state index in [0.29, 0.717) is 0 Å². The zero-order valence-corrected chi connectivity index (χ0v) is 11.7. The summed E-state index contributed by atoms with van der Waals surface area (Å²) in [6.45, 7) is 9.47. The molecule has 0 aromatic heterocycles. The van der Waals surface area contributed by atoms with E-state index in [4.69, 9.17) is 5.73 Å². The first-order chi connectivity index (χ1) is 7.93. The molecule has 0 bridgehead atoms. The lowest BCUT2D eigenvalue weighted by molar-refractivity contribution is 0.249. The van der Waals surface area contributed by atoms with Crippen LogP contribution in [-0.4, -0.2) is 25.0 Å². The lowest BCUT2D eigenvalue weighted by Crippen LogP contribution is -2.29. The molecule has 0 atom stereocenters. The van der Waals surface area contributed by atoms with Gasteiger partial charge in [0.05, 0.1) is 0 Å². The Morgan fingerprint density at radius 2 is 2.00 bits per heavy atom. The van der Waals surface area contributed by atoms with Gasteiger partial charge in [-0.1, -0.05) is 43.7 Å². The van der Waals surface area contributed by atoms with Gasteiger partial charge >= 0.3 is 0 Å². The van der Waals surface area contributed by atoms with Gasteiger partial charge in [-0.15, -0.1) is 0 Å². The van der Waals surface area contributed by atoms with Gasteiger partial charge in [-0.25, -0.2) is 0 Å². The molecule has 96 valence electrons. The van der Waals surface area contributed by atoms with Gasteiger partial charge in [-0.2, -0.15) is 0 Å². The van der Waals surface area contributed by atoms with E-state index in [1.807, 2.05) is 0 Å². The van der Waals surface area contributed by atoms with E-state index < -0.39 is 0 Å². The number of benzene rings is 1. The second kappa shape index (κ2) is 6.18. The second-order valence-corrected chi connectivity index (χ2v) is 5.85. The summed E-state index contributed by atoms with van der Waals surface area (Å²) in [6.07, 6.45) is 1.14. The summed E-state index contributed by atoms with van der Waals surface area (Å²) in [5.74, 6) is 0. The van der Waals surface area contributed by atoms with Crippen molar-refractivity contribution in [3.05, 3.63) is 35.4 Å². The molecular formula is C15H26N2. The third-order valence-corrected chi connectivity index (χ3v) is 3.26. The molecule has 0 radical (unpaired) electrons. The fraction of sp³-hybridized carbons (Fsp3) is 0.600. The standard InChI is InChI=1S/C15H26N2/c1-13-6-5-7-14(10-13)11-17(4)9-8-15(2,3)12-16/h5-7,10H,8-9,11-12,16H2,1-4H3. The number of rotatable bonds is 6. The summed E-state index contributed by atoms with van der Waals surface area (Å²) in [5.41, 5.74) is 8.72. The highest BCUT2D eigenvalue weighted by molar-refractivity contribution is 5.21. The predicted octanol–water partition coefficient (Wildman–Crippen LogP) is 2.80. The minimum Gasteiger partial charge on any atom is -0.330 e. The topological polar surface area (TPSA) is 29.3 Å². The molecular weight excluding hydrogens is 208 g/mol. The van der Waals surface area contributed by atoms with Crippen LogP contribution in [0, 0.1) is 12.3 Å². The molecule has 2 nitrogen and oxygen atoms in total. The lowest BCUT2D eigenvalue weighted by atomic mass is 9.89. The van der Waals surface area contributed by atoms with E-state index in [1.54, 1.807) is 0 Å². The van der Waals surface area contributed by atoms with Crippen molar-refractivity contribution < 1.29 is 0 Å². The van der Waals surface area contributed by atoms with E-state index in [9.17, 15) is 0 Å². The molecule has 1 aromatic carbocycles. The molecule has 0 saturated carbocycles. The van der Waals surface area contributed by atoms with Crippen molar-refractivity contribution in [3.63, 3.8) is 0 Å². The van der Waals surface area contributed by atoms with Crippen LogP contribution in [0.4, 0.5) is 0 Å². The van der Waals surface area contributed by atoms with Crippen molar-refractivity contribution in [2.24, 2.45) is 11.1 Å². The maximum atomic E-state index is 5.75. The van der Waals surface area contributed by atoms with Crippen molar-refractivity contribution in [1.82, 2.24) is 4.90 Å². The van der Waals surface area contributed by atoms with Crippen LogP contribution in [-0.2, 0) is 6.54 Å². The Labute approximate surface area is 106 Å². The molecule has 0 aliphatic heterocycles. The van der Waals surface area contributed by atoms with Gasteiger partial charge in [0.15, 0.2) is 0 Å². The van der Waals surface area contributed by atoms with Gasteiger partial charge in [-0.3, -0.25) is 0 Å². The van der Waals surface area contributed by atoms with Crippen LogP contribution >= 0.6 is 0 Å². The maximum absolute atomic E-state index is 5.75. The molecule has 0 unspecified atom stereocenters. The van der Waals surface area contributed by atoms with E-state index in [0.717, 1.165) is 26.1 Å². The van der Waals surface area contributed by atoms with E-state index in [2.05, 4.69) is 57.0 Å². The number of hydrogen-bond donors (Lipinski definition) is 1. The Morgan fingerprint density at radius 1 is 1.29 bits per heavy atom. The Hall–Kier alpha value is -0.860. The normalized spacial score (nSPS) is 12.1. The molecule has 0 fully saturated rings. The van der Waals surface area contributed by atoms with Gasteiger partial charge in [0, 0.05) is 6.54 Å². The summed E-state index contributed by atoms with van der Waals surface area (Å²) in [7, 11) is 2.18. The Kier molecular flexibility index (Phi) is 5.16. The second-order valence-electron chi connectivity index (χ2n) is 5.85. The van der Waals surface area contributed by atoms with Crippen molar-refractivity contribution >= 4 is 0 Å². The van der Waals surface area contributed by atoms with E-state index in [1.165, 1.54) is 11.1 Å². The minimum atomic E-state index is 0.251. The predicted molar refractivity (Wildman–Crippen MR) is 75.0 cm³/mol. The summed E-state index contributed by atoms with van der Waals surface area (Å²) < 4.78 is 0. The fourth-order valence-corrected chi connectivity index (χ4v) is 1.80. The highest BCUT2D eigenvalue weighted by Crippen LogP contribution is 2.18. The summed E-state index contributed by atoms with van der Waals surface area (Å²) in [6, 6.07) is 8.71. The van der Waals surface area contributed by atoms with E-state index >= 15 is 0 Å². The van der Waals surface area contributed by atoms with Crippen LogP contribution < -0.4 is 5.73 Å². The molecule has 1 rings (SSSR count).